The number of rotatable bonds is 4. The lowest BCUT2D eigenvalue weighted by atomic mass is 10.2. The molecule has 0 radical (unpaired) electrons. The number of fused-ring (bicyclic) bond motifs is 1. The van der Waals surface area contributed by atoms with Gasteiger partial charge in [0.25, 0.3) is 0 Å². The first kappa shape index (κ1) is 11.9. The van der Waals surface area contributed by atoms with Crippen molar-refractivity contribution in [3.8, 4) is 0 Å². The first-order chi connectivity index (χ1) is 9.38. The summed E-state index contributed by atoms with van der Waals surface area (Å²) >= 11 is 0. The lowest BCUT2D eigenvalue weighted by Crippen LogP contribution is -1.99. The van der Waals surface area contributed by atoms with Crippen LogP contribution in [0.5, 0.6) is 0 Å². The molecule has 3 heteroatoms. The van der Waals surface area contributed by atoms with E-state index in [1.54, 1.807) is 0 Å². The van der Waals surface area contributed by atoms with Crippen LogP contribution in [0.15, 0.2) is 55.0 Å². The Kier molecular flexibility index (Phi) is 3.29. The number of aromatic nitrogens is 2. The van der Waals surface area contributed by atoms with Crippen molar-refractivity contribution < 1.29 is 5.11 Å². The number of aryl methyl sites for hydroxylation is 2. The molecule has 96 valence electrons. The fourth-order valence-corrected chi connectivity index (χ4v) is 2.43. The Balaban J connectivity index is 1.89. The van der Waals surface area contributed by atoms with Crippen molar-refractivity contribution in [2.75, 3.05) is 0 Å². The molecule has 0 saturated carbocycles. The van der Waals surface area contributed by atoms with Crippen LogP contribution in [0.4, 0.5) is 0 Å². The maximum atomic E-state index is 9.41. The third-order valence-corrected chi connectivity index (χ3v) is 3.43. The highest BCUT2D eigenvalue weighted by molar-refractivity contribution is 5.83. The molecule has 0 fully saturated rings. The van der Waals surface area contributed by atoms with Crippen LogP contribution in [0.25, 0.3) is 10.9 Å². The average Bonchev–Trinajstić information content (AvgIpc) is 2.84. The van der Waals surface area contributed by atoms with Crippen molar-refractivity contribution in [1.29, 1.82) is 0 Å². The van der Waals surface area contributed by atoms with E-state index in [0.29, 0.717) is 0 Å². The van der Waals surface area contributed by atoms with Crippen LogP contribution < -0.4 is 0 Å². The van der Waals surface area contributed by atoms with E-state index in [9.17, 15) is 5.11 Å². The van der Waals surface area contributed by atoms with Gasteiger partial charge in [-0.1, -0.05) is 18.2 Å². The van der Waals surface area contributed by atoms with Crippen molar-refractivity contribution >= 4 is 10.9 Å². The van der Waals surface area contributed by atoms with Crippen LogP contribution in [-0.4, -0.2) is 14.7 Å². The van der Waals surface area contributed by atoms with E-state index in [4.69, 9.17) is 0 Å². The molecule has 2 aromatic heterocycles. The van der Waals surface area contributed by atoms with Gasteiger partial charge < -0.3 is 9.67 Å². The molecule has 0 aliphatic heterocycles. The van der Waals surface area contributed by atoms with Crippen LogP contribution in [-0.2, 0) is 19.6 Å². The summed E-state index contributed by atoms with van der Waals surface area (Å²) in [6, 6.07) is 12.3. The van der Waals surface area contributed by atoms with Gasteiger partial charge >= 0.3 is 0 Å². The average molecular weight is 252 g/mol. The van der Waals surface area contributed by atoms with E-state index >= 15 is 0 Å². The van der Waals surface area contributed by atoms with Crippen LogP contribution in [0.3, 0.4) is 0 Å². The molecular formula is C16H16N2O. The number of benzene rings is 1. The first-order valence-corrected chi connectivity index (χ1v) is 6.45. The van der Waals surface area contributed by atoms with Crippen molar-refractivity contribution in [2.45, 2.75) is 19.6 Å². The van der Waals surface area contributed by atoms with E-state index < -0.39 is 0 Å². The summed E-state index contributed by atoms with van der Waals surface area (Å²) in [5, 5.41) is 10.6. The number of aliphatic hydroxyl groups excluding tert-OH is 1. The highest BCUT2D eigenvalue weighted by Crippen LogP contribution is 2.21. The molecule has 0 bridgehead atoms. The maximum Gasteiger partial charge on any atom is 0.0702 e. The number of pyridine rings is 1. The summed E-state index contributed by atoms with van der Waals surface area (Å²) in [7, 11) is 0. The van der Waals surface area contributed by atoms with Crippen LogP contribution >= 0.6 is 0 Å². The molecule has 0 amide bonds. The molecule has 2 heterocycles. The zero-order chi connectivity index (χ0) is 13.1. The second kappa shape index (κ2) is 5.24. The summed E-state index contributed by atoms with van der Waals surface area (Å²) in [5.41, 5.74) is 3.45. The number of nitrogens with zero attached hydrogens (tertiary/aromatic N) is 2. The Labute approximate surface area is 112 Å². The molecule has 19 heavy (non-hydrogen) atoms. The number of hydrogen-bond acceptors (Lipinski definition) is 2. The first-order valence-electron chi connectivity index (χ1n) is 6.45. The molecule has 3 nitrogen and oxygen atoms in total. The lowest BCUT2D eigenvalue weighted by molar-refractivity contribution is 0.283. The van der Waals surface area contributed by atoms with Crippen molar-refractivity contribution in [1.82, 2.24) is 9.55 Å². The number of para-hydroxylation sites is 1. The van der Waals surface area contributed by atoms with E-state index in [1.165, 1.54) is 11.1 Å². The third kappa shape index (κ3) is 2.37. The Morgan fingerprint density at radius 3 is 2.63 bits per heavy atom. The molecule has 0 aliphatic carbocycles. The maximum absolute atomic E-state index is 9.41. The second-order valence-corrected chi connectivity index (χ2v) is 4.63. The fourth-order valence-electron chi connectivity index (χ4n) is 2.43. The van der Waals surface area contributed by atoms with Gasteiger partial charge in [-0.15, -0.1) is 0 Å². The largest absolute Gasteiger partial charge is 0.392 e. The highest BCUT2D eigenvalue weighted by atomic mass is 16.3. The summed E-state index contributed by atoms with van der Waals surface area (Å²) in [4.78, 5) is 4.03. The van der Waals surface area contributed by atoms with Gasteiger partial charge in [-0.3, -0.25) is 4.98 Å². The van der Waals surface area contributed by atoms with Crippen molar-refractivity contribution in [3.05, 3.63) is 66.1 Å². The van der Waals surface area contributed by atoms with Crippen molar-refractivity contribution in [3.63, 3.8) is 0 Å². The van der Waals surface area contributed by atoms with Crippen LogP contribution in [0.1, 0.15) is 11.1 Å². The van der Waals surface area contributed by atoms with Gasteiger partial charge in [-0.25, -0.2) is 0 Å². The fraction of sp³-hybridized carbons (Fsp3) is 0.188. The minimum atomic E-state index is 0.0861. The summed E-state index contributed by atoms with van der Waals surface area (Å²) in [5.74, 6) is 0. The van der Waals surface area contributed by atoms with Gasteiger partial charge in [0.1, 0.15) is 0 Å². The number of hydrogen-bond donors (Lipinski definition) is 1. The SMILES string of the molecule is OCc1cn(CCc2ccncc2)c2ccccc12. The zero-order valence-electron chi connectivity index (χ0n) is 10.7. The molecule has 0 saturated heterocycles. The normalized spacial score (nSPS) is 11.0. The molecule has 0 spiro atoms. The Morgan fingerprint density at radius 2 is 1.84 bits per heavy atom. The molecule has 0 aliphatic rings. The van der Waals surface area contributed by atoms with Crippen molar-refractivity contribution in [2.24, 2.45) is 0 Å². The van der Waals surface area contributed by atoms with Gasteiger partial charge in [0.15, 0.2) is 0 Å². The Bertz CT molecular complexity index is 674. The van der Waals surface area contributed by atoms with Crippen LogP contribution in [0, 0.1) is 0 Å². The van der Waals surface area contributed by atoms with E-state index in [0.717, 1.165) is 23.9 Å². The quantitative estimate of drug-likeness (QED) is 0.775. The monoisotopic (exact) mass is 252 g/mol. The molecule has 3 rings (SSSR count). The van der Waals surface area contributed by atoms with Gasteiger partial charge in [-0.2, -0.15) is 0 Å². The topological polar surface area (TPSA) is 38.0 Å². The minimum absolute atomic E-state index is 0.0861. The third-order valence-electron chi connectivity index (χ3n) is 3.43. The van der Waals surface area contributed by atoms with Gasteiger partial charge in [0.05, 0.1) is 6.61 Å². The summed E-state index contributed by atoms with van der Waals surface area (Å²) < 4.78 is 2.21. The van der Waals surface area contributed by atoms with Gasteiger partial charge in [0, 0.05) is 41.6 Å². The molecule has 1 N–H and O–H groups in total. The molecule has 3 aromatic rings. The second-order valence-electron chi connectivity index (χ2n) is 4.63. The van der Waals surface area contributed by atoms with Gasteiger partial charge in [-0.05, 0) is 30.2 Å². The van der Waals surface area contributed by atoms with E-state index in [2.05, 4.69) is 21.7 Å². The summed E-state index contributed by atoms with van der Waals surface area (Å²) in [6.45, 7) is 0.993. The molecule has 0 atom stereocenters. The zero-order valence-corrected chi connectivity index (χ0v) is 10.7. The predicted molar refractivity (Wildman–Crippen MR) is 75.8 cm³/mol. The van der Waals surface area contributed by atoms with E-state index in [1.807, 2.05) is 42.9 Å². The Morgan fingerprint density at radius 1 is 1.05 bits per heavy atom. The lowest BCUT2D eigenvalue weighted by Gasteiger charge is -2.05. The van der Waals surface area contributed by atoms with E-state index in [-0.39, 0.29) is 6.61 Å². The predicted octanol–water partition coefficient (Wildman–Crippen LogP) is 2.77. The smallest absolute Gasteiger partial charge is 0.0702 e. The molecular weight excluding hydrogens is 236 g/mol. The highest BCUT2D eigenvalue weighted by Gasteiger charge is 2.06. The Hall–Kier alpha value is -2.13. The minimum Gasteiger partial charge on any atom is -0.392 e. The molecule has 0 unspecified atom stereocenters. The molecule has 1 aromatic carbocycles. The van der Waals surface area contributed by atoms with Crippen LogP contribution in [0.2, 0.25) is 0 Å². The standard InChI is InChI=1S/C16H16N2O/c19-12-14-11-18(16-4-2-1-3-15(14)16)10-7-13-5-8-17-9-6-13/h1-6,8-9,11,19H,7,10,12H2. The summed E-state index contributed by atoms with van der Waals surface area (Å²) in [6.07, 6.45) is 6.66. The number of aliphatic hydroxyl groups is 1. The van der Waals surface area contributed by atoms with Gasteiger partial charge in [0.2, 0.25) is 0 Å².